The fourth-order valence-electron chi connectivity index (χ4n) is 5.98. The fourth-order valence-corrected chi connectivity index (χ4v) is 5.98. The van der Waals surface area contributed by atoms with Crippen LogP contribution in [-0.2, 0) is 6.42 Å². The highest BCUT2D eigenvalue weighted by Crippen LogP contribution is 2.64. The van der Waals surface area contributed by atoms with E-state index in [0.717, 1.165) is 12.3 Å². The van der Waals surface area contributed by atoms with Crippen molar-refractivity contribution in [2.24, 2.45) is 22.7 Å². The van der Waals surface area contributed by atoms with Crippen molar-refractivity contribution in [2.75, 3.05) is 0 Å². The highest BCUT2D eigenvalue weighted by Gasteiger charge is 2.56. The molecule has 2 aliphatic carbocycles. The van der Waals surface area contributed by atoms with E-state index in [-0.39, 0.29) is 0 Å². The van der Waals surface area contributed by atoms with Crippen molar-refractivity contribution in [3.8, 4) is 0 Å². The summed E-state index contributed by atoms with van der Waals surface area (Å²) in [5.41, 5.74) is 5.08. The number of nitrogens with one attached hydrogen (secondary N) is 1. The zero-order valence-electron chi connectivity index (χ0n) is 15.5. The first-order valence-corrected chi connectivity index (χ1v) is 9.68. The highest BCUT2D eigenvalue weighted by molar-refractivity contribution is 5.83. The standard InChI is InChI=1S/C23H31N/c1-16-11-13-22(3)17(2)8-7-12-23(22,4)20(16)14-18-15-24-21-10-6-5-9-19(18)21/h5-6,9-10,15,17,20,24H,1,7-8,11-14H2,2-4H3/t17-,20-,22+,23+/m1/s1. The number of aromatic nitrogens is 1. The molecule has 1 aromatic heterocycles. The number of aromatic amines is 1. The van der Waals surface area contributed by atoms with E-state index in [4.69, 9.17) is 0 Å². The molecule has 0 saturated heterocycles. The van der Waals surface area contributed by atoms with Gasteiger partial charge in [-0.05, 0) is 60.0 Å². The van der Waals surface area contributed by atoms with Crippen LogP contribution in [0.5, 0.6) is 0 Å². The van der Waals surface area contributed by atoms with Crippen LogP contribution in [0.15, 0.2) is 42.6 Å². The Morgan fingerprint density at radius 2 is 1.96 bits per heavy atom. The third kappa shape index (κ3) is 2.13. The average Bonchev–Trinajstić information content (AvgIpc) is 2.98. The quantitative estimate of drug-likeness (QED) is 0.607. The molecular weight excluding hydrogens is 290 g/mol. The summed E-state index contributed by atoms with van der Waals surface area (Å²) < 4.78 is 0. The highest BCUT2D eigenvalue weighted by atomic mass is 14.7. The number of hydrogen-bond acceptors (Lipinski definition) is 0. The molecule has 2 aliphatic rings. The van der Waals surface area contributed by atoms with Crippen LogP contribution in [0.1, 0.15) is 58.4 Å². The predicted molar refractivity (Wildman–Crippen MR) is 103 cm³/mol. The van der Waals surface area contributed by atoms with E-state index >= 15 is 0 Å². The molecule has 0 bridgehead atoms. The van der Waals surface area contributed by atoms with E-state index in [1.165, 1.54) is 54.1 Å². The van der Waals surface area contributed by atoms with Gasteiger partial charge in [0.05, 0.1) is 0 Å². The average molecular weight is 322 g/mol. The lowest BCUT2D eigenvalue weighted by Gasteiger charge is -2.61. The minimum absolute atomic E-state index is 0.387. The Bertz CT molecular complexity index is 769. The number of para-hydroxylation sites is 1. The second kappa shape index (κ2) is 5.51. The molecule has 1 nitrogen and oxygen atoms in total. The van der Waals surface area contributed by atoms with E-state index in [1.54, 1.807) is 0 Å². The predicted octanol–water partition coefficient (Wildman–Crippen LogP) is 6.51. The molecule has 2 aromatic rings. The normalized spacial score (nSPS) is 36.7. The van der Waals surface area contributed by atoms with E-state index < -0.39 is 0 Å². The van der Waals surface area contributed by atoms with Gasteiger partial charge >= 0.3 is 0 Å². The van der Waals surface area contributed by atoms with Gasteiger partial charge < -0.3 is 4.98 Å². The van der Waals surface area contributed by atoms with Crippen molar-refractivity contribution >= 4 is 10.9 Å². The van der Waals surface area contributed by atoms with E-state index in [1.807, 2.05) is 0 Å². The Morgan fingerprint density at radius 3 is 2.79 bits per heavy atom. The summed E-state index contributed by atoms with van der Waals surface area (Å²) in [6, 6.07) is 8.72. The summed E-state index contributed by atoms with van der Waals surface area (Å²) in [6.07, 6.45) is 10.1. The van der Waals surface area contributed by atoms with Crippen LogP contribution in [0, 0.1) is 22.7 Å². The SMILES string of the molecule is C=C1CC[C@@]2(C)[C@H](C)CCC[C@@]2(C)[C@@H]1Cc1c[nH]c2ccccc12. The van der Waals surface area contributed by atoms with Crippen LogP contribution in [0.3, 0.4) is 0 Å². The van der Waals surface area contributed by atoms with Gasteiger partial charge in [-0.3, -0.25) is 0 Å². The van der Waals surface area contributed by atoms with Crippen LogP contribution in [0.2, 0.25) is 0 Å². The van der Waals surface area contributed by atoms with Gasteiger partial charge in [0.15, 0.2) is 0 Å². The summed E-state index contributed by atoms with van der Waals surface area (Å²) in [4.78, 5) is 3.47. The van der Waals surface area contributed by atoms with Gasteiger partial charge in [-0.15, -0.1) is 0 Å². The first kappa shape index (κ1) is 16.0. The van der Waals surface area contributed by atoms with Crippen LogP contribution >= 0.6 is 0 Å². The topological polar surface area (TPSA) is 15.8 Å². The maximum Gasteiger partial charge on any atom is 0.0456 e. The van der Waals surface area contributed by atoms with Gasteiger partial charge in [0, 0.05) is 17.1 Å². The van der Waals surface area contributed by atoms with Gasteiger partial charge in [-0.2, -0.15) is 0 Å². The molecule has 128 valence electrons. The second-order valence-corrected chi connectivity index (χ2v) is 8.90. The molecule has 1 heteroatoms. The molecular formula is C23H31N. The largest absolute Gasteiger partial charge is 0.361 e. The van der Waals surface area contributed by atoms with Crippen molar-refractivity contribution in [2.45, 2.75) is 59.3 Å². The monoisotopic (exact) mass is 321 g/mol. The molecule has 1 heterocycles. The lowest BCUT2D eigenvalue weighted by molar-refractivity contribution is -0.0875. The molecule has 0 unspecified atom stereocenters. The maximum absolute atomic E-state index is 4.54. The third-order valence-electron chi connectivity index (χ3n) is 8.05. The number of fused-ring (bicyclic) bond motifs is 2. The van der Waals surface area contributed by atoms with Crippen LogP contribution in [-0.4, -0.2) is 4.98 Å². The van der Waals surface area contributed by atoms with Crippen LogP contribution < -0.4 is 0 Å². The first-order chi connectivity index (χ1) is 11.5. The van der Waals surface area contributed by atoms with Crippen molar-refractivity contribution in [3.63, 3.8) is 0 Å². The van der Waals surface area contributed by atoms with E-state index in [2.05, 4.69) is 62.8 Å². The lowest BCUT2D eigenvalue weighted by Crippen LogP contribution is -2.53. The molecule has 1 N–H and O–H groups in total. The second-order valence-electron chi connectivity index (χ2n) is 8.90. The Kier molecular flexibility index (Phi) is 3.67. The summed E-state index contributed by atoms with van der Waals surface area (Å²) >= 11 is 0. The Balaban J connectivity index is 1.73. The fraction of sp³-hybridized carbons (Fsp3) is 0.565. The van der Waals surface area contributed by atoms with Gasteiger partial charge in [0.25, 0.3) is 0 Å². The molecule has 0 spiro atoms. The van der Waals surface area contributed by atoms with E-state index in [9.17, 15) is 0 Å². The van der Waals surface area contributed by atoms with Crippen molar-refractivity contribution in [3.05, 3.63) is 48.2 Å². The van der Waals surface area contributed by atoms with Gasteiger partial charge in [-0.1, -0.05) is 64.0 Å². The smallest absolute Gasteiger partial charge is 0.0456 e. The molecule has 1 aromatic carbocycles. The Morgan fingerprint density at radius 1 is 1.17 bits per heavy atom. The van der Waals surface area contributed by atoms with E-state index in [0.29, 0.717) is 16.7 Å². The van der Waals surface area contributed by atoms with Crippen LogP contribution in [0.25, 0.3) is 10.9 Å². The van der Waals surface area contributed by atoms with Gasteiger partial charge in [-0.25, -0.2) is 0 Å². The summed E-state index contributed by atoms with van der Waals surface area (Å²) in [6.45, 7) is 12.2. The molecule has 4 rings (SSSR count). The summed E-state index contributed by atoms with van der Waals surface area (Å²) in [5.74, 6) is 1.44. The Hall–Kier alpha value is -1.50. The molecule has 4 atom stereocenters. The summed E-state index contributed by atoms with van der Waals surface area (Å²) in [7, 11) is 0. The zero-order valence-corrected chi connectivity index (χ0v) is 15.5. The molecule has 2 saturated carbocycles. The Labute approximate surface area is 146 Å². The minimum atomic E-state index is 0.387. The number of hydrogen-bond donors (Lipinski definition) is 1. The molecule has 0 amide bonds. The molecule has 24 heavy (non-hydrogen) atoms. The third-order valence-corrected chi connectivity index (χ3v) is 8.05. The number of rotatable bonds is 2. The minimum Gasteiger partial charge on any atom is -0.361 e. The molecule has 0 aliphatic heterocycles. The summed E-state index contributed by atoms with van der Waals surface area (Å²) in [5, 5.41) is 1.39. The van der Waals surface area contributed by atoms with Crippen molar-refractivity contribution in [1.82, 2.24) is 4.98 Å². The maximum atomic E-state index is 4.54. The van der Waals surface area contributed by atoms with Crippen molar-refractivity contribution < 1.29 is 0 Å². The van der Waals surface area contributed by atoms with Gasteiger partial charge in [0.1, 0.15) is 0 Å². The molecule has 2 fully saturated rings. The van der Waals surface area contributed by atoms with Gasteiger partial charge in [0.2, 0.25) is 0 Å². The molecule has 0 radical (unpaired) electrons. The number of H-pyrrole nitrogens is 1. The number of allylic oxidation sites excluding steroid dienone is 1. The first-order valence-electron chi connectivity index (χ1n) is 9.68. The van der Waals surface area contributed by atoms with Crippen LogP contribution in [0.4, 0.5) is 0 Å². The zero-order chi connectivity index (χ0) is 16.9. The van der Waals surface area contributed by atoms with Crippen molar-refractivity contribution in [1.29, 1.82) is 0 Å². The lowest BCUT2D eigenvalue weighted by atomic mass is 9.43. The number of benzene rings is 1.